The molecule has 2 aromatic carbocycles. The van der Waals surface area contributed by atoms with E-state index in [-0.39, 0.29) is 12.4 Å². The van der Waals surface area contributed by atoms with Gasteiger partial charge in [-0.3, -0.25) is 0 Å². The molecule has 0 spiro atoms. The van der Waals surface area contributed by atoms with Crippen molar-refractivity contribution in [2.24, 2.45) is 0 Å². The Morgan fingerprint density at radius 2 is 1.67 bits per heavy atom. The van der Waals surface area contributed by atoms with Crippen molar-refractivity contribution in [3.05, 3.63) is 59.2 Å². The van der Waals surface area contributed by atoms with Gasteiger partial charge in [-0.15, -0.1) is 0 Å². The summed E-state index contributed by atoms with van der Waals surface area (Å²) in [4.78, 5) is 0. The Labute approximate surface area is 124 Å². The van der Waals surface area contributed by atoms with Gasteiger partial charge in [-0.2, -0.15) is 0 Å². The number of benzene rings is 2. The number of ether oxygens (including phenoxy) is 1. The third-order valence-electron chi connectivity index (χ3n) is 3.01. The lowest BCUT2D eigenvalue weighted by atomic mass is 10.1. The number of hydrogen-bond acceptors (Lipinski definition) is 3. The highest BCUT2D eigenvalue weighted by Crippen LogP contribution is 2.20. The molecule has 0 fully saturated rings. The molecule has 3 heteroatoms. The molecular formula is C18H18O3. The van der Waals surface area contributed by atoms with E-state index in [1.165, 1.54) is 0 Å². The molecule has 0 saturated heterocycles. The van der Waals surface area contributed by atoms with Crippen molar-refractivity contribution in [2.45, 2.75) is 13.3 Å². The number of aryl methyl sites for hydroxylation is 1. The van der Waals surface area contributed by atoms with Crippen LogP contribution < -0.4 is 4.74 Å². The van der Waals surface area contributed by atoms with E-state index in [1.54, 1.807) is 24.3 Å². The van der Waals surface area contributed by atoms with Crippen LogP contribution in [-0.4, -0.2) is 23.4 Å². The number of aliphatic hydroxyl groups is 1. The molecule has 0 amide bonds. The van der Waals surface area contributed by atoms with Crippen molar-refractivity contribution in [3.8, 4) is 23.3 Å². The van der Waals surface area contributed by atoms with Gasteiger partial charge >= 0.3 is 0 Å². The highest BCUT2D eigenvalue weighted by Gasteiger charge is 2.02. The molecule has 21 heavy (non-hydrogen) atoms. The van der Waals surface area contributed by atoms with Gasteiger partial charge in [-0.1, -0.05) is 18.8 Å². The van der Waals surface area contributed by atoms with E-state index in [0.29, 0.717) is 6.61 Å². The number of hydrogen-bond donors (Lipinski definition) is 2. The van der Waals surface area contributed by atoms with Crippen LogP contribution in [0.2, 0.25) is 0 Å². The van der Waals surface area contributed by atoms with Gasteiger partial charge in [0.15, 0.2) is 0 Å². The van der Waals surface area contributed by atoms with Crippen LogP contribution in [-0.2, 0) is 6.42 Å². The molecule has 0 aliphatic rings. The Bertz CT molecular complexity index is 648. The van der Waals surface area contributed by atoms with E-state index in [1.807, 2.05) is 18.2 Å². The third kappa shape index (κ3) is 4.27. The lowest BCUT2D eigenvalue weighted by molar-refractivity contribution is 0.200. The molecule has 2 rings (SSSR count). The fraction of sp³-hybridized carbons (Fsp3) is 0.222. The fourth-order valence-electron chi connectivity index (χ4n) is 1.92. The maximum Gasteiger partial charge on any atom is 0.122 e. The smallest absolute Gasteiger partial charge is 0.122 e. The molecular weight excluding hydrogens is 264 g/mol. The van der Waals surface area contributed by atoms with Gasteiger partial charge in [-0.25, -0.2) is 0 Å². The Morgan fingerprint density at radius 1 is 1.00 bits per heavy atom. The molecule has 0 radical (unpaired) electrons. The molecule has 2 aromatic rings. The molecule has 0 unspecified atom stereocenters. The summed E-state index contributed by atoms with van der Waals surface area (Å²) in [5.41, 5.74) is 2.84. The zero-order chi connectivity index (χ0) is 15.1. The second-order valence-electron chi connectivity index (χ2n) is 4.54. The van der Waals surface area contributed by atoms with Crippen LogP contribution in [0.4, 0.5) is 0 Å². The van der Waals surface area contributed by atoms with E-state index in [9.17, 15) is 5.11 Å². The zero-order valence-corrected chi connectivity index (χ0v) is 12.0. The zero-order valence-electron chi connectivity index (χ0n) is 12.0. The van der Waals surface area contributed by atoms with Crippen LogP contribution in [0.25, 0.3) is 0 Å². The van der Waals surface area contributed by atoms with Crippen molar-refractivity contribution in [1.29, 1.82) is 0 Å². The quantitative estimate of drug-likeness (QED) is 0.848. The third-order valence-corrected chi connectivity index (χ3v) is 3.01. The largest absolute Gasteiger partial charge is 0.508 e. The summed E-state index contributed by atoms with van der Waals surface area (Å²) in [6, 6.07) is 12.6. The van der Waals surface area contributed by atoms with Crippen LogP contribution in [0.5, 0.6) is 11.5 Å². The molecule has 3 nitrogen and oxygen atoms in total. The predicted octanol–water partition coefficient (Wildman–Crippen LogP) is 2.73. The van der Waals surface area contributed by atoms with E-state index < -0.39 is 0 Å². The highest BCUT2D eigenvalue weighted by atomic mass is 16.5. The minimum atomic E-state index is 0.00552. The lowest BCUT2D eigenvalue weighted by Gasteiger charge is -2.09. The topological polar surface area (TPSA) is 49.7 Å². The van der Waals surface area contributed by atoms with Gasteiger partial charge in [0.1, 0.15) is 18.1 Å². The molecule has 0 saturated carbocycles. The van der Waals surface area contributed by atoms with Gasteiger partial charge in [0.05, 0.1) is 6.61 Å². The minimum absolute atomic E-state index is 0.00552. The maximum absolute atomic E-state index is 9.23. The summed E-state index contributed by atoms with van der Waals surface area (Å²) in [6.45, 7) is 2.36. The van der Waals surface area contributed by atoms with Crippen molar-refractivity contribution in [1.82, 2.24) is 0 Å². The summed E-state index contributed by atoms with van der Waals surface area (Å²) < 4.78 is 5.48. The van der Waals surface area contributed by atoms with Crippen LogP contribution in [0.15, 0.2) is 42.5 Å². The standard InChI is InChI=1S/C18H18O3/c1-2-16-13-15(7-10-18(16)21-12-11-19)4-3-14-5-8-17(20)9-6-14/h5-10,13,19-20H,2,11-12H2,1H3. The van der Waals surface area contributed by atoms with Crippen molar-refractivity contribution in [3.63, 3.8) is 0 Å². The Kier molecular flexibility index (Phi) is 5.25. The summed E-state index contributed by atoms with van der Waals surface area (Å²) in [5, 5.41) is 18.0. The first-order valence-corrected chi connectivity index (χ1v) is 6.90. The Hall–Kier alpha value is -2.44. The first-order chi connectivity index (χ1) is 10.2. The lowest BCUT2D eigenvalue weighted by Crippen LogP contribution is -2.03. The average Bonchev–Trinajstić information content (AvgIpc) is 2.52. The van der Waals surface area contributed by atoms with Crippen molar-refractivity contribution < 1.29 is 14.9 Å². The Morgan fingerprint density at radius 3 is 2.33 bits per heavy atom. The monoisotopic (exact) mass is 282 g/mol. The Balaban J connectivity index is 2.19. The van der Waals surface area contributed by atoms with Crippen LogP contribution in [0, 0.1) is 11.8 Å². The summed E-state index contributed by atoms with van der Waals surface area (Å²) >= 11 is 0. The van der Waals surface area contributed by atoms with Crippen molar-refractivity contribution in [2.75, 3.05) is 13.2 Å². The number of aromatic hydroxyl groups is 1. The first-order valence-electron chi connectivity index (χ1n) is 6.90. The van der Waals surface area contributed by atoms with Gasteiger partial charge in [0.25, 0.3) is 0 Å². The van der Waals surface area contributed by atoms with E-state index >= 15 is 0 Å². The van der Waals surface area contributed by atoms with E-state index in [2.05, 4.69) is 18.8 Å². The minimum Gasteiger partial charge on any atom is -0.508 e. The highest BCUT2D eigenvalue weighted by molar-refractivity contribution is 5.48. The predicted molar refractivity (Wildman–Crippen MR) is 82.5 cm³/mol. The average molecular weight is 282 g/mol. The van der Waals surface area contributed by atoms with Crippen LogP contribution >= 0.6 is 0 Å². The van der Waals surface area contributed by atoms with Crippen LogP contribution in [0.1, 0.15) is 23.6 Å². The van der Waals surface area contributed by atoms with E-state index in [4.69, 9.17) is 9.84 Å². The van der Waals surface area contributed by atoms with Gasteiger partial charge in [-0.05, 0) is 54.4 Å². The van der Waals surface area contributed by atoms with Gasteiger partial charge < -0.3 is 14.9 Å². The summed E-state index contributed by atoms with van der Waals surface area (Å²) in [5.74, 6) is 7.19. The first kappa shape index (κ1) is 15.0. The SMILES string of the molecule is CCc1cc(C#Cc2ccc(O)cc2)ccc1OCCO. The molecule has 0 heterocycles. The molecule has 108 valence electrons. The van der Waals surface area contributed by atoms with Crippen molar-refractivity contribution >= 4 is 0 Å². The maximum atomic E-state index is 9.23. The molecule has 0 aliphatic carbocycles. The summed E-state index contributed by atoms with van der Waals surface area (Å²) in [7, 11) is 0. The van der Waals surface area contributed by atoms with Crippen LogP contribution in [0.3, 0.4) is 0 Å². The van der Waals surface area contributed by atoms with Gasteiger partial charge in [0.2, 0.25) is 0 Å². The van der Waals surface area contributed by atoms with Gasteiger partial charge in [0, 0.05) is 11.1 Å². The number of rotatable bonds is 4. The number of aliphatic hydroxyl groups excluding tert-OH is 1. The molecule has 0 bridgehead atoms. The van der Waals surface area contributed by atoms with E-state index in [0.717, 1.165) is 28.9 Å². The molecule has 0 atom stereocenters. The molecule has 0 aliphatic heterocycles. The normalized spacial score (nSPS) is 9.81. The second kappa shape index (κ2) is 7.37. The summed E-state index contributed by atoms with van der Waals surface area (Å²) in [6.07, 6.45) is 0.843. The molecule has 0 aromatic heterocycles. The fourth-order valence-corrected chi connectivity index (χ4v) is 1.92. The molecule has 2 N–H and O–H groups in total. The number of phenols is 1. The second-order valence-corrected chi connectivity index (χ2v) is 4.54. The number of phenolic OH excluding ortho intramolecular Hbond substituents is 1.